The standard InChI is InChI=1S/C19H29NO3/c1-3-5-9-15-20(16-14-19(22)23-4-2)18(21)13-12-17-10-7-6-8-11-17/h6-8,10-11H,3-5,9,12-16H2,1-2H3. The topological polar surface area (TPSA) is 46.6 Å². The van der Waals surface area contributed by atoms with E-state index >= 15 is 0 Å². The summed E-state index contributed by atoms with van der Waals surface area (Å²) in [6.45, 7) is 5.50. The Bertz CT molecular complexity index is 459. The number of aryl methyl sites for hydroxylation is 1. The maximum atomic E-state index is 12.5. The monoisotopic (exact) mass is 319 g/mol. The third kappa shape index (κ3) is 8.38. The number of rotatable bonds is 11. The number of benzene rings is 1. The molecule has 0 radical (unpaired) electrons. The third-order valence-electron chi connectivity index (χ3n) is 3.75. The number of amides is 1. The van der Waals surface area contributed by atoms with Crippen LogP contribution >= 0.6 is 0 Å². The molecule has 1 amide bonds. The second-order valence-electron chi connectivity index (χ2n) is 5.63. The van der Waals surface area contributed by atoms with Crippen molar-refractivity contribution < 1.29 is 14.3 Å². The molecular formula is C19H29NO3. The molecule has 0 aromatic heterocycles. The summed E-state index contributed by atoms with van der Waals surface area (Å²) in [6.07, 6.45) is 4.70. The fourth-order valence-electron chi connectivity index (χ4n) is 2.43. The molecule has 128 valence electrons. The number of unbranched alkanes of at least 4 members (excludes halogenated alkanes) is 2. The smallest absolute Gasteiger partial charge is 0.307 e. The molecule has 1 rings (SSSR count). The van der Waals surface area contributed by atoms with E-state index in [1.807, 2.05) is 35.2 Å². The van der Waals surface area contributed by atoms with E-state index in [0.29, 0.717) is 19.6 Å². The van der Waals surface area contributed by atoms with Gasteiger partial charge in [-0.15, -0.1) is 0 Å². The molecule has 23 heavy (non-hydrogen) atoms. The summed E-state index contributed by atoms with van der Waals surface area (Å²) in [5.74, 6) is -0.113. The molecular weight excluding hydrogens is 290 g/mol. The summed E-state index contributed by atoms with van der Waals surface area (Å²) < 4.78 is 4.95. The SMILES string of the molecule is CCCCCN(CCC(=O)OCC)C(=O)CCc1ccccc1. The number of hydrogen-bond donors (Lipinski definition) is 0. The Balaban J connectivity index is 2.47. The number of nitrogens with zero attached hydrogens (tertiary/aromatic N) is 1. The van der Waals surface area contributed by atoms with Crippen molar-refractivity contribution in [2.75, 3.05) is 19.7 Å². The Labute approximate surface area is 139 Å². The van der Waals surface area contributed by atoms with Crippen LogP contribution in [0.15, 0.2) is 30.3 Å². The summed E-state index contributed by atoms with van der Waals surface area (Å²) in [4.78, 5) is 25.8. The molecule has 4 nitrogen and oxygen atoms in total. The van der Waals surface area contributed by atoms with Gasteiger partial charge < -0.3 is 9.64 Å². The predicted molar refractivity (Wildman–Crippen MR) is 92.1 cm³/mol. The molecule has 0 unspecified atom stereocenters. The number of carbonyl (C=O) groups excluding carboxylic acids is 2. The molecule has 0 atom stereocenters. The quantitative estimate of drug-likeness (QED) is 0.462. The van der Waals surface area contributed by atoms with Crippen molar-refractivity contribution in [1.82, 2.24) is 4.90 Å². The maximum absolute atomic E-state index is 12.5. The van der Waals surface area contributed by atoms with Crippen molar-refractivity contribution in [1.29, 1.82) is 0 Å². The van der Waals surface area contributed by atoms with Gasteiger partial charge in [0, 0.05) is 19.5 Å². The minimum Gasteiger partial charge on any atom is -0.466 e. The second-order valence-corrected chi connectivity index (χ2v) is 5.63. The molecule has 0 heterocycles. The lowest BCUT2D eigenvalue weighted by atomic mass is 10.1. The third-order valence-corrected chi connectivity index (χ3v) is 3.75. The first kappa shape index (κ1) is 19.2. The Kier molecular flexibility index (Phi) is 9.76. The highest BCUT2D eigenvalue weighted by Crippen LogP contribution is 2.07. The molecule has 0 bridgehead atoms. The molecule has 1 aromatic carbocycles. The van der Waals surface area contributed by atoms with E-state index in [1.165, 1.54) is 5.56 Å². The number of hydrogen-bond acceptors (Lipinski definition) is 3. The van der Waals surface area contributed by atoms with Crippen LogP contribution in [-0.4, -0.2) is 36.5 Å². The van der Waals surface area contributed by atoms with E-state index in [-0.39, 0.29) is 18.3 Å². The van der Waals surface area contributed by atoms with Crippen LogP contribution in [0.5, 0.6) is 0 Å². The van der Waals surface area contributed by atoms with Gasteiger partial charge in [-0.25, -0.2) is 0 Å². The van der Waals surface area contributed by atoms with Crippen LogP contribution in [0, 0.1) is 0 Å². The highest BCUT2D eigenvalue weighted by atomic mass is 16.5. The summed E-state index contributed by atoms with van der Waals surface area (Å²) >= 11 is 0. The average Bonchev–Trinajstić information content (AvgIpc) is 2.57. The van der Waals surface area contributed by atoms with Crippen LogP contribution in [0.4, 0.5) is 0 Å². The van der Waals surface area contributed by atoms with E-state index < -0.39 is 0 Å². The van der Waals surface area contributed by atoms with E-state index in [0.717, 1.165) is 32.2 Å². The molecule has 0 fully saturated rings. The fraction of sp³-hybridized carbons (Fsp3) is 0.579. The minimum atomic E-state index is -0.233. The number of ether oxygens (including phenoxy) is 1. The first-order valence-corrected chi connectivity index (χ1v) is 8.64. The van der Waals surface area contributed by atoms with Crippen LogP contribution in [0.3, 0.4) is 0 Å². The van der Waals surface area contributed by atoms with Crippen LogP contribution < -0.4 is 0 Å². The largest absolute Gasteiger partial charge is 0.466 e. The number of carbonyl (C=O) groups is 2. The van der Waals surface area contributed by atoms with Gasteiger partial charge in [0.25, 0.3) is 0 Å². The predicted octanol–water partition coefficient (Wildman–Crippen LogP) is 3.59. The van der Waals surface area contributed by atoms with Gasteiger partial charge in [0.1, 0.15) is 0 Å². The highest BCUT2D eigenvalue weighted by molar-refractivity contribution is 5.77. The Morgan fingerprint density at radius 3 is 2.39 bits per heavy atom. The lowest BCUT2D eigenvalue weighted by molar-refractivity contribution is -0.144. The molecule has 0 aliphatic rings. The average molecular weight is 319 g/mol. The van der Waals surface area contributed by atoms with Gasteiger partial charge in [0.15, 0.2) is 0 Å². The van der Waals surface area contributed by atoms with Crippen molar-refractivity contribution in [2.45, 2.75) is 52.4 Å². The molecule has 0 spiro atoms. The van der Waals surface area contributed by atoms with Crippen molar-refractivity contribution >= 4 is 11.9 Å². The number of esters is 1. The molecule has 0 N–H and O–H groups in total. The van der Waals surface area contributed by atoms with E-state index in [4.69, 9.17) is 4.74 Å². The molecule has 0 aliphatic heterocycles. The zero-order valence-electron chi connectivity index (χ0n) is 14.4. The molecule has 0 saturated heterocycles. The zero-order chi connectivity index (χ0) is 16.9. The van der Waals surface area contributed by atoms with Gasteiger partial charge in [-0.05, 0) is 25.3 Å². The first-order chi connectivity index (χ1) is 11.2. The minimum absolute atomic E-state index is 0.120. The Hall–Kier alpha value is -1.84. The lowest BCUT2D eigenvalue weighted by Crippen LogP contribution is -2.34. The van der Waals surface area contributed by atoms with E-state index in [2.05, 4.69) is 6.92 Å². The van der Waals surface area contributed by atoms with Gasteiger partial charge in [-0.1, -0.05) is 50.1 Å². The highest BCUT2D eigenvalue weighted by Gasteiger charge is 2.15. The van der Waals surface area contributed by atoms with Crippen LogP contribution in [0.25, 0.3) is 0 Å². The molecule has 1 aromatic rings. The van der Waals surface area contributed by atoms with Gasteiger partial charge in [-0.3, -0.25) is 9.59 Å². The van der Waals surface area contributed by atoms with Crippen molar-refractivity contribution in [2.24, 2.45) is 0 Å². The summed E-state index contributed by atoms with van der Waals surface area (Å²) in [7, 11) is 0. The summed E-state index contributed by atoms with van der Waals surface area (Å²) in [5, 5.41) is 0. The zero-order valence-corrected chi connectivity index (χ0v) is 14.4. The first-order valence-electron chi connectivity index (χ1n) is 8.64. The van der Waals surface area contributed by atoms with Crippen LogP contribution in [-0.2, 0) is 20.7 Å². The van der Waals surface area contributed by atoms with E-state index in [1.54, 1.807) is 6.92 Å². The van der Waals surface area contributed by atoms with Crippen LogP contribution in [0.2, 0.25) is 0 Å². The van der Waals surface area contributed by atoms with E-state index in [9.17, 15) is 9.59 Å². The molecule has 0 aliphatic carbocycles. The molecule has 0 saturated carbocycles. The Morgan fingerprint density at radius 2 is 1.74 bits per heavy atom. The van der Waals surface area contributed by atoms with Crippen molar-refractivity contribution in [3.8, 4) is 0 Å². The molecule has 4 heteroatoms. The van der Waals surface area contributed by atoms with Crippen molar-refractivity contribution in [3.63, 3.8) is 0 Å². The Morgan fingerprint density at radius 1 is 1.00 bits per heavy atom. The summed E-state index contributed by atoms with van der Waals surface area (Å²) in [6, 6.07) is 10.0. The lowest BCUT2D eigenvalue weighted by Gasteiger charge is -2.22. The second kappa shape index (κ2) is 11.7. The summed E-state index contributed by atoms with van der Waals surface area (Å²) in [5.41, 5.74) is 1.17. The van der Waals surface area contributed by atoms with Gasteiger partial charge in [-0.2, -0.15) is 0 Å². The fourth-order valence-corrected chi connectivity index (χ4v) is 2.43. The van der Waals surface area contributed by atoms with Crippen molar-refractivity contribution in [3.05, 3.63) is 35.9 Å². The normalized spacial score (nSPS) is 10.3. The maximum Gasteiger partial charge on any atom is 0.307 e. The van der Waals surface area contributed by atoms with Crippen LogP contribution in [0.1, 0.15) is 51.5 Å². The van der Waals surface area contributed by atoms with Gasteiger partial charge in [0.2, 0.25) is 5.91 Å². The van der Waals surface area contributed by atoms with Gasteiger partial charge in [0.05, 0.1) is 13.0 Å². The van der Waals surface area contributed by atoms with Gasteiger partial charge >= 0.3 is 5.97 Å².